The van der Waals surface area contributed by atoms with Gasteiger partial charge in [0, 0.05) is 0 Å². The molecule has 0 amide bonds. The van der Waals surface area contributed by atoms with Gasteiger partial charge in [0.05, 0.1) is 23.4 Å². The van der Waals surface area contributed by atoms with Crippen LogP contribution in [0.3, 0.4) is 0 Å². The number of rotatable bonds is 7. The van der Waals surface area contributed by atoms with Gasteiger partial charge in [0.15, 0.2) is 0 Å². The van der Waals surface area contributed by atoms with Crippen molar-refractivity contribution in [3.63, 3.8) is 0 Å². The molecular weight excluding hydrogens is 334 g/mol. The van der Waals surface area contributed by atoms with E-state index >= 15 is 0 Å². The Morgan fingerprint density at radius 2 is 1.56 bits per heavy atom. The van der Waals surface area contributed by atoms with Crippen LogP contribution in [0.5, 0.6) is 5.75 Å². The van der Waals surface area contributed by atoms with Crippen LogP contribution in [0.25, 0.3) is 0 Å². The highest BCUT2D eigenvalue weighted by atomic mass is 35.5. The van der Waals surface area contributed by atoms with E-state index in [1.807, 2.05) is 78.9 Å². The molecule has 1 atom stereocenters. The van der Waals surface area contributed by atoms with E-state index in [4.69, 9.17) is 16.3 Å². The summed E-state index contributed by atoms with van der Waals surface area (Å²) in [5.74, 6) is 0.794. The summed E-state index contributed by atoms with van der Waals surface area (Å²) in [5, 5.41) is 13.6. The van der Waals surface area contributed by atoms with Crippen LogP contribution in [0.4, 0.5) is 5.69 Å². The predicted molar refractivity (Wildman–Crippen MR) is 102 cm³/mol. The first-order chi connectivity index (χ1) is 12.3. The summed E-state index contributed by atoms with van der Waals surface area (Å²) in [6.07, 6.45) is 0. The minimum atomic E-state index is -0.233. The van der Waals surface area contributed by atoms with E-state index in [1.54, 1.807) is 0 Å². The van der Waals surface area contributed by atoms with Crippen molar-refractivity contribution in [3.8, 4) is 5.75 Å². The number of benzene rings is 3. The lowest BCUT2D eigenvalue weighted by Gasteiger charge is -2.19. The Balaban J connectivity index is 1.64. The van der Waals surface area contributed by atoms with E-state index < -0.39 is 0 Å². The highest BCUT2D eigenvalue weighted by Crippen LogP contribution is 2.27. The van der Waals surface area contributed by atoms with E-state index in [2.05, 4.69) is 5.32 Å². The fraction of sp³-hybridized carbons (Fsp3) is 0.143. The molecule has 0 saturated carbocycles. The number of halogens is 1. The molecule has 3 aromatic carbocycles. The zero-order valence-corrected chi connectivity index (χ0v) is 14.5. The molecule has 3 rings (SSSR count). The van der Waals surface area contributed by atoms with Gasteiger partial charge in [0.2, 0.25) is 0 Å². The summed E-state index contributed by atoms with van der Waals surface area (Å²) in [6.45, 7) is 0.497. The van der Waals surface area contributed by atoms with Gasteiger partial charge in [-0.25, -0.2) is 0 Å². The van der Waals surface area contributed by atoms with Crippen molar-refractivity contribution >= 4 is 17.3 Å². The molecule has 2 N–H and O–H groups in total. The monoisotopic (exact) mass is 353 g/mol. The Morgan fingerprint density at radius 1 is 0.880 bits per heavy atom. The quantitative estimate of drug-likeness (QED) is 0.623. The van der Waals surface area contributed by atoms with Crippen molar-refractivity contribution < 1.29 is 9.84 Å². The molecule has 128 valence electrons. The number of hydrogen-bond acceptors (Lipinski definition) is 3. The van der Waals surface area contributed by atoms with Crippen molar-refractivity contribution in [2.45, 2.75) is 12.6 Å². The zero-order valence-electron chi connectivity index (χ0n) is 13.7. The maximum absolute atomic E-state index is 9.72. The molecular formula is C21H20ClNO2. The highest BCUT2D eigenvalue weighted by molar-refractivity contribution is 6.33. The molecule has 25 heavy (non-hydrogen) atoms. The molecule has 0 aliphatic carbocycles. The second kappa shape index (κ2) is 8.56. The van der Waals surface area contributed by atoms with Crippen LogP contribution in [0, 0.1) is 0 Å². The molecule has 0 aliphatic rings. The molecule has 3 aromatic rings. The van der Waals surface area contributed by atoms with Crippen LogP contribution in [0.15, 0.2) is 78.9 Å². The van der Waals surface area contributed by atoms with Gasteiger partial charge in [0.1, 0.15) is 12.4 Å². The maximum atomic E-state index is 9.72. The number of anilines is 1. The van der Waals surface area contributed by atoms with E-state index in [0.717, 1.165) is 22.6 Å². The molecule has 4 heteroatoms. The second-order valence-electron chi connectivity index (χ2n) is 5.70. The van der Waals surface area contributed by atoms with E-state index in [-0.39, 0.29) is 12.6 Å². The van der Waals surface area contributed by atoms with Gasteiger partial charge in [-0.15, -0.1) is 0 Å². The summed E-state index contributed by atoms with van der Waals surface area (Å²) >= 11 is 6.17. The smallest absolute Gasteiger partial charge is 0.119 e. The first-order valence-corrected chi connectivity index (χ1v) is 8.52. The standard InChI is InChI=1S/C21H20ClNO2/c22-19-8-4-5-9-20(19)23-21(14-24)17-10-12-18(13-11-17)25-15-16-6-2-1-3-7-16/h1-13,21,23-24H,14-15H2. The molecule has 1 unspecified atom stereocenters. The van der Waals surface area contributed by atoms with Crippen LogP contribution in [-0.4, -0.2) is 11.7 Å². The van der Waals surface area contributed by atoms with E-state index in [0.29, 0.717) is 11.6 Å². The van der Waals surface area contributed by atoms with Crippen LogP contribution >= 0.6 is 11.6 Å². The van der Waals surface area contributed by atoms with Crippen molar-refractivity contribution in [1.29, 1.82) is 0 Å². The number of para-hydroxylation sites is 1. The third-order valence-corrected chi connectivity index (χ3v) is 4.25. The van der Waals surface area contributed by atoms with Crippen LogP contribution in [0.2, 0.25) is 5.02 Å². The summed E-state index contributed by atoms with van der Waals surface area (Å²) < 4.78 is 5.79. The minimum absolute atomic E-state index is 0.0323. The molecule has 0 fully saturated rings. The summed E-state index contributed by atoms with van der Waals surface area (Å²) in [5.41, 5.74) is 2.89. The van der Waals surface area contributed by atoms with Crippen LogP contribution in [0.1, 0.15) is 17.2 Å². The fourth-order valence-corrected chi connectivity index (χ4v) is 2.73. The van der Waals surface area contributed by atoms with E-state index in [9.17, 15) is 5.11 Å². The summed E-state index contributed by atoms with van der Waals surface area (Å²) in [7, 11) is 0. The Bertz CT molecular complexity index is 791. The van der Waals surface area contributed by atoms with Crippen LogP contribution < -0.4 is 10.1 Å². The Kier molecular flexibility index (Phi) is 5.94. The number of nitrogens with one attached hydrogen (secondary N) is 1. The van der Waals surface area contributed by atoms with Crippen molar-refractivity contribution in [2.24, 2.45) is 0 Å². The van der Waals surface area contributed by atoms with Gasteiger partial charge in [0.25, 0.3) is 0 Å². The van der Waals surface area contributed by atoms with Crippen molar-refractivity contribution in [1.82, 2.24) is 0 Å². The van der Waals surface area contributed by atoms with Gasteiger partial charge in [-0.3, -0.25) is 0 Å². The molecule has 0 spiro atoms. The molecule has 0 saturated heterocycles. The number of aliphatic hydroxyl groups is 1. The average molecular weight is 354 g/mol. The molecule has 0 heterocycles. The first-order valence-electron chi connectivity index (χ1n) is 8.15. The Morgan fingerprint density at radius 3 is 2.24 bits per heavy atom. The fourth-order valence-electron chi connectivity index (χ4n) is 2.54. The highest BCUT2D eigenvalue weighted by Gasteiger charge is 2.12. The first kappa shape index (κ1) is 17.3. The van der Waals surface area contributed by atoms with Crippen LogP contribution in [-0.2, 0) is 6.61 Å². The third kappa shape index (κ3) is 4.75. The van der Waals surface area contributed by atoms with Gasteiger partial charge >= 0.3 is 0 Å². The Hall–Kier alpha value is -2.49. The maximum Gasteiger partial charge on any atom is 0.119 e. The molecule has 0 aromatic heterocycles. The number of ether oxygens (including phenoxy) is 1. The number of aliphatic hydroxyl groups excluding tert-OH is 1. The Labute approximate surface area is 152 Å². The average Bonchev–Trinajstić information content (AvgIpc) is 2.67. The van der Waals surface area contributed by atoms with Gasteiger partial charge in [-0.05, 0) is 35.4 Å². The van der Waals surface area contributed by atoms with E-state index in [1.165, 1.54) is 0 Å². The molecule has 3 nitrogen and oxygen atoms in total. The van der Waals surface area contributed by atoms with Gasteiger partial charge < -0.3 is 15.2 Å². The molecule has 0 aliphatic heterocycles. The van der Waals surface area contributed by atoms with Crippen molar-refractivity contribution in [3.05, 3.63) is 95.0 Å². The minimum Gasteiger partial charge on any atom is -0.489 e. The third-order valence-electron chi connectivity index (χ3n) is 3.92. The molecule has 0 bridgehead atoms. The van der Waals surface area contributed by atoms with Crippen molar-refractivity contribution in [2.75, 3.05) is 11.9 Å². The second-order valence-corrected chi connectivity index (χ2v) is 6.11. The lowest BCUT2D eigenvalue weighted by Crippen LogP contribution is -2.15. The predicted octanol–water partition coefficient (Wildman–Crippen LogP) is 5.06. The number of hydrogen-bond donors (Lipinski definition) is 2. The SMILES string of the molecule is OCC(Nc1ccccc1Cl)c1ccc(OCc2ccccc2)cc1. The normalized spacial score (nSPS) is 11.8. The summed E-state index contributed by atoms with van der Waals surface area (Å²) in [6, 6.07) is 25.0. The topological polar surface area (TPSA) is 41.5 Å². The molecule has 0 radical (unpaired) electrons. The lowest BCUT2D eigenvalue weighted by molar-refractivity contribution is 0.276. The zero-order chi connectivity index (χ0) is 17.5. The van der Waals surface area contributed by atoms with Gasteiger partial charge in [-0.1, -0.05) is 66.2 Å². The summed E-state index contributed by atoms with van der Waals surface area (Å²) in [4.78, 5) is 0. The lowest BCUT2D eigenvalue weighted by atomic mass is 10.1. The largest absolute Gasteiger partial charge is 0.489 e. The van der Waals surface area contributed by atoms with Gasteiger partial charge in [-0.2, -0.15) is 0 Å².